The molecule has 0 atom stereocenters. The number of nitrogens with one attached hydrogen (secondary N) is 2. The van der Waals surface area contributed by atoms with Gasteiger partial charge in [0.05, 0.1) is 0 Å². The number of aromatic nitrogens is 2. The highest BCUT2D eigenvalue weighted by Crippen LogP contribution is 2.29. The fourth-order valence-electron chi connectivity index (χ4n) is 2.61. The summed E-state index contributed by atoms with van der Waals surface area (Å²) in [6, 6.07) is 7.95. The smallest absolute Gasteiger partial charge is 0.270 e. The molecule has 0 bridgehead atoms. The van der Waals surface area contributed by atoms with Crippen molar-refractivity contribution >= 4 is 17.4 Å². The van der Waals surface area contributed by atoms with E-state index in [2.05, 4.69) is 73.4 Å². The first-order chi connectivity index (χ1) is 11.8. The lowest BCUT2D eigenvalue weighted by Gasteiger charge is -2.17. The highest BCUT2D eigenvalue weighted by atomic mass is 16.1. The summed E-state index contributed by atoms with van der Waals surface area (Å²) in [4.78, 5) is 21.0. The quantitative estimate of drug-likeness (QED) is 0.820. The summed E-state index contributed by atoms with van der Waals surface area (Å²) < 4.78 is 0. The van der Waals surface area contributed by atoms with Gasteiger partial charge >= 0.3 is 0 Å². The van der Waals surface area contributed by atoms with Crippen LogP contribution >= 0.6 is 0 Å². The number of amides is 1. The molecule has 0 aliphatic rings. The van der Waals surface area contributed by atoms with E-state index in [4.69, 9.17) is 0 Å². The molecule has 5 nitrogen and oxygen atoms in total. The van der Waals surface area contributed by atoms with Crippen LogP contribution in [0.2, 0.25) is 0 Å². The number of carbonyl (C=O) groups is 1. The number of aryl methyl sites for hydroxylation is 2. The monoisotopic (exact) mass is 340 g/mol. The molecule has 1 aromatic carbocycles. The third-order valence-corrected chi connectivity index (χ3v) is 3.92. The summed E-state index contributed by atoms with van der Waals surface area (Å²) in [5.41, 5.74) is 3.80. The van der Waals surface area contributed by atoms with Crippen LogP contribution in [0.4, 0.5) is 11.5 Å². The minimum absolute atomic E-state index is 0.170. The molecule has 2 N–H and O–H groups in total. The van der Waals surface area contributed by atoms with E-state index in [0.717, 1.165) is 11.3 Å². The van der Waals surface area contributed by atoms with Crippen molar-refractivity contribution in [2.45, 2.75) is 47.5 Å². The minimum Gasteiger partial charge on any atom is -0.350 e. The van der Waals surface area contributed by atoms with Gasteiger partial charge in [0.1, 0.15) is 17.3 Å². The molecule has 0 spiro atoms. The molecule has 0 aliphatic carbocycles. The normalized spacial score (nSPS) is 11.0. The Morgan fingerprint density at radius 2 is 1.84 bits per heavy atom. The van der Waals surface area contributed by atoms with Crippen LogP contribution < -0.4 is 10.6 Å². The molecule has 25 heavy (non-hydrogen) atoms. The van der Waals surface area contributed by atoms with Crippen molar-refractivity contribution in [1.82, 2.24) is 15.3 Å². The molecule has 134 valence electrons. The van der Waals surface area contributed by atoms with Crippen molar-refractivity contribution < 1.29 is 4.79 Å². The maximum Gasteiger partial charge on any atom is 0.270 e. The van der Waals surface area contributed by atoms with Crippen LogP contribution in [0.5, 0.6) is 0 Å². The van der Waals surface area contributed by atoms with Gasteiger partial charge < -0.3 is 10.6 Å². The van der Waals surface area contributed by atoms with Crippen molar-refractivity contribution in [2.24, 2.45) is 5.92 Å². The maximum atomic E-state index is 12.3. The summed E-state index contributed by atoms with van der Waals surface area (Å²) in [5, 5.41) is 6.29. The maximum absolute atomic E-state index is 12.3. The van der Waals surface area contributed by atoms with Crippen molar-refractivity contribution in [3.05, 3.63) is 46.9 Å². The van der Waals surface area contributed by atoms with Crippen LogP contribution in [0, 0.1) is 19.8 Å². The summed E-state index contributed by atoms with van der Waals surface area (Å²) in [6.45, 7) is 12.9. The van der Waals surface area contributed by atoms with Gasteiger partial charge in [0, 0.05) is 18.3 Å². The second kappa shape index (κ2) is 8.10. The lowest BCUT2D eigenvalue weighted by Crippen LogP contribution is -2.28. The van der Waals surface area contributed by atoms with Crippen LogP contribution in [0.1, 0.15) is 61.1 Å². The molecule has 1 heterocycles. The fourth-order valence-corrected chi connectivity index (χ4v) is 2.61. The Hall–Kier alpha value is -2.43. The Kier molecular flexibility index (Phi) is 6.12. The van der Waals surface area contributed by atoms with Crippen LogP contribution in [0.25, 0.3) is 0 Å². The average Bonchev–Trinajstić information content (AvgIpc) is 2.53. The number of hydrogen-bond acceptors (Lipinski definition) is 4. The summed E-state index contributed by atoms with van der Waals surface area (Å²) in [6.07, 6.45) is 0. The zero-order valence-electron chi connectivity index (χ0n) is 16.0. The standard InChI is InChI=1S/C20H28N4O/c1-12(2)11-21-20(25)17-10-18(23-15(6)22-17)24-19-14(5)8-7-9-16(19)13(3)4/h7-10,12-13H,11H2,1-6H3,(H,21,25)(H,22,23,24). The lowest BCUT2D eigenvalue weighted by atomic mass is 9.98. The Morgan fingerprint density at radius 1 is 1.12 bits per heavy atom. The molecular weight excluding hydrogens is 312 g/mol. The first kappa shape index (κ1) is 18.9. The second-order valence-corrected chi connectivity index (χ2v) is 7.11. The Morgan fingerprint density at radius 3 is 2.48 bits per heavy atom. The van der Waals surface area contributed by atoms with Crippen molar-refractivity contribution in [3.8, 4) is 0 Å². The zero-order chi connectivity index (χ0) is 18.6. The van der Waals surface area contributed by atoms with Gasteiger partial charge in [-0.25, -0.2) is 9.97 Å². The Bertz CT molecular complexity index is 753. The highest BCUT2D eigenvalue weighted by molar-refractivity contribution is 5.93. The van der Waals surface area contributed by atoms with E-state index >= 15 is 0 Å². The number of rotatable bonds is 6. The van der Waals surface area contributed by atoms with Crippen LogP contribution in [-0.2, 0) is 0 Å². The van der Waals surface area contributed by atoms with E-state index < -0.39 is 0 Å². The number of hydrogen-bond donors (Lipinski definition) is 2. The van der Waals surface area contributed by atoms with Gasteiger partial charge in [0.2, 0.25) is 0 Å². The average molecular weight is 340 g/mol. The van der Waals surface area contributed by atoms with Gasteiger partial charge in [0.25, 0.3) is 5.91 Å². The summed E-state index contributed by atoms with van der Waals surface area (Å²) in [5.74, 6) is 1.82. The minimum atomic E-state index is -0.170. The van der Waals surface area contributed by atoms with Crippen molar-refractivity contribution in [1.29, 1.82) is 0 Å². The predicted octanol–water partition coefficient (Wildman–Crippen LogP) is 4.35. The van der Waals surface area contributed by atoms with Crippen molar-refractivity contribution in [2.75, 3.05) is 11.9 Å². The molecule has 0 saturated heterocycles. The van der Waals surface area contributed by atoms with E-state index in [1.54, 1.807) is 13.0 Å². The molecule has 1 amide bonds. The van der Waals surface area contributed by atoms with E-state index in [9.17, 15) is 4.79 Å². The van der Waals surface area contributed by atoms with E-state index in [0.29, 0.717) is 35.7 Å². The number of carbonyl (C=O) groups excluding carboxylic acids is 1. The lowest BCUT2D eigenvalue weighted by molar-refractivity contribution is 0.0943. The van der Waals surface area contributed by atoms with Gasteiger partial charge in [-0.2, -0.15) is 0 Å². The summed E-state index contributed by atoms with van der Waals surface area (Å²) in [7, 11) is 0. The van der Waals surface area contributed by atoms with E-state index in [-0.39, 0.29) is 5.91 Å². The molecular formula is C20H28N4O. The predicted molar refractivity (Wildman–Crippen MR) is 102 cm³/mol. The third kappa shape index (κ3) is 5.02. The third-order valence-electron chi connectivity index (χ3n) is 3.92. The van der Waals surface area contributed by atoms with E-state index in [1.807, 2.05) is 0 Å². The molecule has 0 saturated carbocycles. The van der Waals surface area contributed by atoms with Gasteiger partial charge in [-0.3, -0.25) is 4.79 Å². The van der Waals surface area contributed by atoms with Crippen LogP contribution in [-0.4, -0.2) is 22.4 Å². The largest absolute Gasteiger partial charge is 0.350 e. The van der Waals surface area contributed by atoms with Gasteiger partial charge in [-0.1, -0.05) is 45.9 Å². The number of para-hydroxylation sites is 1. The molecule has 0 radical (unpaired) electrons. The fraction of sp³-hybridized carbons (Fsp3) is 0.450. The Labute approximate surface area is 150 Å². The van der Waals surface area contributed by atoms with Crippen LogP contribution in [0.15, 0.2) is 24.3 Å². The van der Waals surface area contributed by atoms with Gasteiger partial charge in [-0.15, -0.1) is 0 Å². The SMILES string of the molecule is Cc1nc(Nc2c(C)cccc2C(C)C)cc(C(=O)NCC(C)C)n1. The topological polar surface area (TPSA) is 66.9 Å². The molecule has 5 heteroatoms. The molecule has 0 aliphatic heterocycles. The summed E-state index contributed by atoms with van der Waals surface area (Å²) >= 11 is 0. The molecule has 0 fully saturated rings. The van der Waals surface area contributed by atoms with E-state index in [1.165, 1.54) is 5.56 Å². The van der Waals surface area contributed by atoms with Crippen LogP contribution in [0.3, 0.4) is 0 Å². The first-order valence-corrected chi connectivity index (χ1v) is 8.78. The number of benzene rings is 1. The van der Waals surface area contributed by atoms with Crippen molar-refractivity contribution in [3.63, 3.8) is 0 Å². The Balaban J connectivity index is 2.31. The first-order valence-electron chi connectivity index (χ1n) is 8.78. The van der Waals surface area contributed by atoms with Gasteiger partial charge in [0.15, 0.2) is 0 Å². The molecule has 1 aromatic heterocycles. The molecule has 0 unspecified atom stereocenters. The molecule has 2 aromatic rings. The number of nitrogens with zero attached hydrogens (tertiary/aromatic N) is 2. The highest BCUT2D eigenvalue weighted by Gasteiger charge is 2.14. The zero-order valence-corrected chi connectivity index (χ0v) is 16.0. The second-order valence-electron chi connectivity index (χ2n) is 7.11. The van der Waals surface area contributed by atoms with Gasteiger partial charge in [-0.05, 0) is 36.8 Å². The molecule has 2 rings (SSSR count). The number of anilines is 2.